The summed E-state index contributed by atoms with van der Waals surface area (Å²) in [4.78, 5) is 27.7. The minimum atomic E-state index is 0.386. The summed E-state index contributed by atoms with van der Waals surface area (Å²) >= 11 is 0. The predicted octanol–water partition coefficient (Wildman–Crippen LogP) is 8.88. The van der Waals surface area contributed by atoms with E-state index in [0.29, 0.717) is 30.2 Å². The first-order chi connectivity index (χ1) is 31.6. The normalized spacial score (nSPS) is 22.3. The van der Waals surface area contributed by atoms with Crippen molar-refractivity contribution in [1.82, 2.24) is 35.6 Å². The lowest BCUT2D eigenvalue weighted by Gasteiger charge is -2.39. The fourth-order valence-corrected chi connectivity index (χ4v) is 10.9. The highest BCUT2D eigenvalue weighted by Crippen LogP contribution is 2.43. The number of carbonyl (C=O) groups excluding carboxylic acids is 1. The molecule has 4 atom stereocenters. The first-order valence-corrected chi connectivity index (χ1v) is 27.8. The highest BCUT2D eigenvalue weighted by Gasteiger charge is 2.34. The summed E-state index contributed by atoms with van der Waals surface area (Å²) in [6.45, 7) is 23.1. The summed E-state index contributed by atoms with van der Waals surface area (Å²) in [7, 11) is 0. The molecule has 64 heavy (non-hydrogen) atoms. The lowest BCUT2D eigenvalue weighted by molar-refractivity contribution is -0.133. The Kier molecular flexibility index (Phi) is 31.0. The van der Waals surface area contributed by atoms with Crippen molar-refractivity contribution in [1.29, 1.82) is 0 Å². The fraction of sp³-hybridized carbons (Fsp3) is 0.889. The largest absolute Gasteiger partial charge is 0.357 e. The molecule has 1 aliphatic carbocycles. The van der Waals surface area contributed by atoms with Crippen LogP contribution in [-0.4, -0.2) is 149 Å². The quantitative estimate of drug-likeness (QED) is 0.0360. The Morgan fingerprint density at radius 3 is 2.00 bits per heavy atom. The molecule has 0 aromatic heterocycles. The first kappa shape index (κ1) is 54.8. The van der Waals surface area contributed by atoms with Crippen molar-refractivity contribution in [2.24, 2.45) is 34.4 Å². The van der Waals surface area contributed by atoms with Crippen molar-refractivity contribution < 1.29 is 4.79 Å². The van der Waals surface area contributed by atoms with Gasteiger partial charge in [0.25, 0.3) is 0 Å². The lowest BCUT2D eigenvalue weighted by atomic mass is 9.66. The standard InChI is InChI=1S/C54H103N9O/c1-3-5-7-9-13-19-25-51-49(23-17-8-6-4-2)29-30-50(24-18-12-10-15-21-27-53-59-38-44-62(53)43-37-56-32-31-55)52(51)26-20-14-11-16-22-28-54(64)63-47-45-61(46-48-63)42-36-58-35-41-60-39-33-57-34-40-60/h19,25,29-30,49-52,56-58H,3-18,20-24,26-28,31-48,55H2,1-2H3/b25-19+. The van der Waals surface area contributed by atoms with E-state index in [1.54, 1.807) is 0 Å². The van der Waals surface area contributed by atoms with Crippen LogP contribution < -0.4 is 21.7 Å². The van der Waals surface area contributed by atoms with Crippen LogP contribution in [0.15, 0.2) is 29.3 Å². The van der Waals surface area contributed by atoms with E-state index in [-0.39, 0.29) is 0 Å². The molecule has 4 unspecified atom stereocenters. The highest BCUT2D eigenvalue weighted by molar-refractivity contribution is 5.83. The first-order valence-electron chi connectivity index (χ1n) is 27.8. The summed E-state index contributed by atoms with van der Waals surface area (Å²) < 4.78 is 0. The Labute approximate surface area is 395 Å². The highest BCUT2D eigenvalue weighted by atomic mass is 16.2. The number of allylic oxidation sites excluding steroid dienone is 4. The van der Waals surface area contributed by atoms with Gasteiger partial charge in [-0.15, -0.1) is 0 Å². The average Bonchev–Trinajstić information content (AvgIpc) is 3.77. The molecule has 2 saturated heterocycles. The molecule has 0 aromatic rings. The van der Waals surface area contributed by atoms with E-state index in [4.69, 9.17) is 10.7 Å². The smallest absolute Gasteiger partial charge is 0.222 e. The monoisotopic (exact) mass is 894 g/mol. The zero-order valence-electron chi connectivity index (χ0n) is 42.0. The zero-order chi connectivity index (χ0) is 45.1. The third-order valence-electron chi connectivity index (χ3n) is 15.0. The summed E-state index contributed by atoms with van der Waals surface area (Å²) in [5.41, 5.74) is 5.65. The van der Waals surface area contributed by atoms with E-state index >= 15 is 0 Å². The number of amidine groups is 1. The van der Waals surface area contributed by atoms with Crippen LogP contribution in [0.2, 0.25) is 0 Å². The third-order valence-corrected chi connectivity index (χ3v) is 15.0. The van der Waals surface area contributed by atoms with Gasteiger partial charge in [0.05, 0.1) is 12.4 Å². The number of amides is 1. The molecule has 3 heterocycles. The number of aliphatic imine (C=N–C) groups is 1. The number of hydrogen-bond donors (Lipinski definition) is 4. The molecular weight excluding hydrogens is 791 g/mol. The van der Waals surface area contributed by atoms with Crippen molar-refractivity contribution in [2.75, 3.05) is 118 Å². The molecule has 5 N–H and O–H groups in total. The van der Waals surface area contributed by atoms with Crippen molar-refractivity contribution in [2.45, 2.75) is 168 Å². The van der Waals surface area contributed by atoms with E-state index in [2.05, 4.69) is 73.7 Å². The van der Waals surface area contributed by atoms with Gasteiger partial charge >= 0.3 is 0 Å². The number of nitrogens with one attached hydrogen (secondary N) is 3. The van der Waals surface area contributed by atoms with Gasteiger partial charge in [-0.3, -0.25) is 19.6 Å². The van der Waals surface area contributed by atoms with Crippen molar-refractivity contribution in [3.63, 3.8) is 0 Å². The van der Waals surface area contributed by atoms with Gasteiger partial charge in [-0.1, -0.05) is 134 Å². The molecule has 10 heteroatoms. The Morgan fingerprint density at radius 1 is 0.672 bits per heavy atom. The van der Waals surface area contributed by atoms with Crippen LogP contribution in [0.3, 0.4) is 0 Å². The van der Waals surface area contributed by atoms with E-state index < -0.39 is 0 Å². The molecule has 0 spiro atoms. The third kappa shape index (κ3) is 23.3. The van der Waals surface area contributed by atoms with Crippen LogP contribution in [0, 0.1) is 23.7 Å². The molecular formula is C54H103N9O. The number of hydrogen-bond acceptors (Lipinski definition) is 9. The van der Waals surface area contributed by atoms with Crippen LogP contribution in [-0.2, 0) is 4.79 Å². The Bertz CT molecular complexity index is 1230. The predicted molar refractivity (Wildman–Crippen MR) is 275 cm³/mol. The summed E-state index contributed by atoms with van der Waals surface area (Å²) in [5.74, 6) is 4.61. The van der Waals surface area contributed by atoms with Gasteiger partial charge < -0.3 is 31.5 Å². The number of rotatable bonds is 38. The van der Waals surface area contributed by atoms with Crippen molar-refractivity contribution in [3.8, 4) is 0 Å². The Morgan fingerprint density at radius 2 is 1.27 bits per heavy atom. The average molecular weight is 894 g/mol. The van der Waals surface area contributed by atoms with Crippen LogP contribution in [0.4, 0.5) is 0 Å². The maximum absolute atomic E-state index is 13.2. The number of nitrogens with two attached hydrogens (primary N) is 1. The number of unbranched alkanes of at least 4 members (excludes halogenated alkanes) is 15. The van der Waals surface area contributed by atoms with Gasteiger partial charge in [-0.05, 0) is 68.6 Å². The molecule has 370 valence electrons. The Hall–Kier alpha value is -1.82. The Balaban J connectivity index is 1.16. The second-order valence-electron chi connectivity index (χ2n) is 20.1. The minimum Gasteiger partial charge on any atom is -0.357 e. The van der Waals surface area contributed by atoms with Gasteiger partial charge in [-0.25, -0.2) is 0 Å². The lowest BCUT2D eigenvalue weighted by Crippen LogP contribution is -2.50. The van der Waals surface area contributed by atoms with Crippen LogP contribution in [0.1, 0.15) is 168 Å². The molecule has 4 aliphatic rings. The van der Waals surface area contributed by atoms with Crippen LogP contribution in [0.5, 0.6) is 0 Å². The molecule has 0 bridgehead atoms. The SMILES string of the molecule is CCCCCC/C=C/C1C(CCCCCC)C=CC(CCCCCCCC2=NCCN2CCNCCN)C1CCCCCCCC(=O)N1CCN(CCNCCN2CCNCC2)CC1. The topological polar surface area (TPSA) is 104 Å². The number of carbonyl (C=O) groups is 1. The maximum Gasteiger partial charge on any atom is 0.222 e. The van der Waals surface area contributed by atoms with Gasteiger partial charge in [0.2, 0.25) is 5.91 Å². The summed E-state index contributed by atoms with van der Waals surface area (Å²) in [6, 6.07) is 0. The van der Waals surface area contributed by atoms with Gasteiger partial charge in [-0.2, -0.15) is 0 Å². The zero-order valence-corrected chi connectivity index (χ0v) is 42.0. The van der Waals surface area contributed by atoms with Gasteiger partial charge in [0, 0.05) is 124 Å². The second-order valence-corrected chi connectivity index (χ2v) is 20.1. The van der Waals surface area contributed by atoms with Crippen molar-refractivity contribution in [3.05, 3.63) is 24.3 Å². The van der Waals surface area contributed by atoms with Gasteiger partial charge in [0.1, 0.15) is 0 Å². The molecule has 1 amide bonds. The molecule has 0 aromatic carbocycles. The second kappa shape index (κ2) is 36.3. The molecule has 0 radical (unpaired) electrons. The van der Waals surface area contributed by atoms with E-state index in [9.17, 15) is 4.79 Å². The molecule has 4 rings (SSSR count). The van der Waals surface area contributed by atoms with E-state index in [1.165, 1.54) is 154 Å². The minimum absolute atomic E-state index is 0.386. The number of piperazine rings is 2. The summed E-state index contributed by atoms with van der Waals surface area (Å²) in [5, 5.41) is 10.5. The molecule has 3 aliphatic heterocycles. The van der Waals surface area contributed by atoms with E-state index in [0.717, 1.165) is 123 Å². The molecule has 2 fully saturated rings. The number of nitrogens with zero attached hydrogens (tertiary/aromatic N) is 5. The maximum atomic E-state index is 13.2. The molecule has 0 saturated carbocycles. The molecule has 10 nitrogen and oxygen atoms in total. The van der Waals surface area contributed by atoms with Gasteiger partial charge in [0.15, 0.2) is 0 Å². The van der Waals surface area contributed by atoms with Crippen LogP contribution in [0.25, 0.3) is 0 Å². The summed E-state index contributed by atoms with van der Waals surface area (Å²) in [6.07, 6.45) is 41.5. The van der Waals surface area contributed by atoms with E-state index in [1.807, 2.05) is 0 Å². The fourth-order valence-electron chi connectivity index (χ4n) is 10.9. The van der Waals surface area contributed by atoms with Crippen LogP contribution >= 0.6 is 0 Å². The van der Waals surface area contributed by atoms with Crippen molar-refractivity contribution >= 4 is 11.7 Å².